The molecule has 1 aliphatic carbocycles. The van der Waals surface area contributed by atoms with Crippen LogP contribution in [0.4, 0.5) is 13.2 Å². The number of halogens is 3. The number of alkyl halides is 3. The van der Waals surface area contributed by atoms with E-state index in [0.717, 1.165) is 23.5 Å². The van der Waals surface area contributed by atoms with Crippen LogP contribution < -0.4 is 0 Å². The standard InChI is InChI=1S/C26H21O.CHF3O3S/c1-17-13-14-18(2)25-21(17)15-23-22(19-9-5-3-6-10-19)16-24(27-26(23)25)20-11-7-4-8-12-20;2-1(3,4)8(5,6)7/h3-14,16H,15H2,1-2H3;(H,5,6,7)/q+1;/p-1. The molecule has 0 unspecified atom stereocenters. The van der Waals surface area contributed by atoms with Crippen LogP contribution in [0, 0.1) is 13.8 Å². The van der Waals surface area contributed by atoms with Gasteiger partial charge >= 0.3 is 17.0 Å². The number of hydrogen-bond acceptors (Lipinski definition) is 3. The normalized spacial score (nSPS) is 12.4. The lowest BCUT2D eigenvalue weighted by Crippen LogP contribution is -2.21. The lowest BCUT2D eigenvalue weighted by molar-refractivity contribution is -0.0517. The highest BCUT2D eigenvalue weighted by atomic mass is 32.2. The van der Waals surface area contributed by atoms with Crippen molar-refractivity contribution in [3.63, 3.8) is 0 Å². The van der Waals surface area contributed by atoms with Crippen molar-refractivity contribution >= 4 is 10.1 Å². The molecule has 0 spiro atoms. The van der Waals surface area contributed by atoms with Crippen LogP contribution in [-0.2, 0) is 16.5 Å². The Hall–Kier alpha value is -3.49. The molecule has 0 bridgehead atoms. The maximum atomic E-state index is 10.7. The zero-order valence-corrected chi connectivity index (χ0v) is 19.7. The monoisotopic (exact) mass is 498 g/mol. The Bertz CT molecular complexity index is 1480. The number of fused-ring (bicyclic) bond motifs is 3. The molecule has 5 rings (SSSR count). The predicted molar refractivity (Wildman–Crippen MR) is 127 cm³/mol. The van der Waals surface area contributed by atoms with Crippen molar-refractivity contribution in [1.29, 1.82) is 0 Å². The molecule has 0 atom stereocenters. The van der Waals surface area contributed by atoms with Crippen molar-refractivity contribution in [2.45, 2.75) is 25.8 Å². The van der Waals surface area contributed by atoms with Gasteiger partial charge in [0.25, 0.3) is 0 Å². The van der Waals surface area contributed by atoms with Gasteiger partial charge in [-0.2, -0.15) is 13.2 Å². The molecule has 1 aliphatic rings. The second-order valence-corrected chi connectivity index (χ2v) is 9.56. The van der Waals surface area contributed by atoms with Gasteiger partial charge in [-0.25, -0.2) is 12.8 Å². The van der Waals surface area contributed by atoms with E-state index in [9.17, 15) is 13.2 Å². The zero-order valence-electron chi connectivity index (χ0n) is 18.9. The van der Waals surface area contributed by atoms with Crippen molar-refractivity contribution in [3.8, 4) is 33.8 Å². The first kappa shape index (κ1) is 24.6. The maximum Gasteiger partial charge on any atom is 0.485 e. The maximum absolute atomic E-state index is 10.7. The third kappa shape index (κ3) is 4.99. The molecule has 0 radical (unpaired) electrons. The number of hydrogen-bond donors (Lipinski definition) is 0. The highest BCUT2D eigenvalue weighted by Crippen LogP contribution is 2.46. The molecule has 0 saturated carbocycles. The topological polar surface area (TPSA) is 68.5 Å². The Labute approximate surface area is 201 Å². The van der Waals surface area contributed by atoms with Gasteiger partial charge < -0.3 is 4.55 Å². The zero-order chi connectivity index (χ0) is 25.4. The largest absolute Gasteiger partial charge is 0.741 e. The highest BCUT2D eigenvalue weighted by molar-refractivity contribution is 7.86. The van der Waals surface area contributed by atoms with E-state index in [1.54, 1.807) is 0 Å². The summed E-state index contributed by atoms with van der Waals surface area (Å²) in [4.78, 5) is 0. The first-order valence-corrected chi connectivity index (χ1v) is 12.1. The quantitative estimate of drug-likeness (QED) is 0.147. The molecule has 1 aromatic heterocycles. The van der Waals surface area contributed by atoms with Crippen LogP contribution in [0.1, 0.15) is 22.3 Å². The summed E-state index contributed by atoms with van der Waals surface area (Å²) < 4.78 is 65.4. The van der Waals surface area contributed by atoms with E-state index in [2.05, 4.69) is 86.6 Å². The Morgan fingerprint density at radius 2 is 1.31 bits per heavy atom. The van der Waals surface area contributed by atoms with Crippen molar-refractivity contribution in [2.24, 2.45) is 0 Å². The van der Waals surface area contributed by atoms with Gasteiger partial charge in [0, 0.05) is 12.0 Å². The highest BCUT2D eigenvalue weighted by Gasteiger charge is 2.37. The van der Waals surface area contributed by atoms with Crippen LogP contribution in [0.2, 0.25) is 0 Å². The average Bonchev–Trinajstić information content (AvgIpc) is 3.22. The number of benzene rings is 3. The Morgan fingerprint density at radius 3 is 1.86 bits per heavy atom. The van der Waals surface area contributed by atoms with Crippen LogP contribution in [-0.4, -0.2) is 18.5 Å². The molecule has 4 nitrogen and oxygen atoms in total. The SMILES string of the molecule is Cc1ccc(C)c2c1Cc1c(-c3ccccc3)cc(-c3ccccc3)[o+]c1-2.O=S(=O)([O-])C(F)(F)F. The lowest BCUT2D eigenvalue weighted by Gasteiger charge is -2.08. The Balaban J connectivity index is 0.000000314. The summed E-state index contributed by atoms with van der Waals surface area (Å²) in [5.74, 6) is 1.95. The van der Waals surface area contributed by atoms with Crippen LogP contribution in [0.5, 0.6) is 0 Å². The summed E-state index contributed by atoms with van der Waals surface area (Å²) in [5.41, 5.74) is 4.56. The van der Waals surface area contributed by atoms with Gasteiger partial charge in [-0.1, -0.05) is 60.7 Å². The summed E-state index contributed by atoms with van der Waals surface area (Å²) in [6.45, 7) is 4.38. The van der Waals surface area contributed by atoms with E-state index in [-0.39, 0.29) is 0 Å². The fourth-order valence-corrected chi connectivity index (χ4v) is 4.13. The van der Waals surface area contributed by atoms with E-state index in [4.69, 9.17) is 17.4 Å². The van der Waals surface area contributed by atoms with E-state index >= 15 is 0 Å². The molecule has 0 N–H and O–H groups in total. The van der Waals surface area contributed by atoms with Crippen molar-refractivity contribution in [2.75, 3.05) is 0 Å². The van der Waals surface area contributed by atoms with Gasteiger partial charge in [-0.15, -0.1) is 0 Å². The van der Waals surface area contributed by atoms with Crippen LogP contribution >= 0.6 is 0 Å². The van der Waals surface area contributed by atoms with Crippen LogP contribution in [0.15, 0.2) is 83.3 Å². The fraction of sp³-hybridized carbons (Fsp3) is 0.148. The molecule has 8 heteroatoms. The summed E-state index contributed by atoms with van der Waals surface area (Å²) in [6, 6.07) is 27.7. The molecule has 35 heavy (non-hydrogen) atoms. The van der Waals surface area contributed by atoms with Crippen LogP contribution in [0.25, 0.3) is 33.8 Å². The molecule has 4 aromatic rings. The minimum absolute atomic E-state index is 0.918. The Morgan fingerprint density at radius 1 is 0.800 bits per heavy atom. The van der Waals surface area contributed by atoms with Gasteiger partial charge in [-0.3, -0.25) is 0 Å². The predicted octanol–water partition coefficient (Wildman–Crippen LogP) is 7.13. The third-order valence-corrected chi connectivity index (χ3v) is 6.42. The molecule has 0 fully saturated rings. The van der Waals surface area contributed by atoms with Crippen molar-refractivity contribution < 1.29 is 30.6 Å². The van der Waals surface area contributed by atoms with E-state index in [1.807, 2.05) is 6.07 Å². The second kappa shape index (κ2) is 9.28. The van der Waals surface area contributed by atoms with Crippen molar-refractivity contribution in [3.05, 3.63) is 101 Å². The summed E-state index contributed by atoms with van der Waals surface area (Å²) in [7, 11) is -6.09. The Kier molecular flexibility index (Phi) is 6.53. The van der Waals surface area contributed by atoms with Crippen LogP contribution in [0.3, 0.4) is 0 Å². The summed E-state index contributed by atoms with van der Waals surface area (Å²) in [6.07, 6.45) is 0.932. The molecule has 0 amide bonds. The second-order valence-electron chi connectivity index (χ2n) is 8.19. The van der Waals surface area contributed by atoms with Gasteiger partial charge in [0.05, 0.1) is 22.8 Å². The number of rotatable bonds is 2. The van der Waals surface area contributed by atoms with Gasteiger partial charge in [0.1, 0.15) is 0 Å². The first-order chi connectivity index (χ1) is 16.5. The molecular formula is C27H21F3O4S. The smallest absolute Gasteiger partial charge is 0.485 e. The van der Waals surface area contributed by atoms with Crippen molar-refractivity contribution in [1.82, 2.24) is 0 Å². The minimum Gasteiger partial charge on any atom is -0.741 e. The number of aryl methyl sites for hydroxylation is 2. The van der Waals surface area contributed by atoms with E-state index in [0.29, 0.717) is 0 Å². The molecule has 3 aromatic carbocycles. The fourth-order valence-electron chi connectivity index (χ4n) is 4.13. The summed E-state index contributed by atoms with van der Waals surface area (Å²) in [5, 5.41) is 0. The minimum atomic E-state index is -6.09. The van der Waals surface area contributed by atoms with Gasteiger partial charge in [0.15, 0.2) is 10.1 Å². The van der Waals surface area contributed by atoms with E-state index < -0.39 is 15.6 Å². The summed E-state index contributed by atoms with van der Waals surface area (Å²) >= 11 is 0. The first-order valence-electron chi connectivity index (χ1n) is 10.7. The molecule has 0 saturated heterocycles. The molecule has 1 heterocycles. The van der Waals surface area contributed by atoms with Gasteiger partial charge in [0.2, 0.25) is 0 Å². The van der Waals surface area contributed by atoms with E-state index in [1.165, 1.54) is 38.9 Å². The lowest BCUT2D eigenvalue weighted by atomic mass is 9.97. The average molecular weight is 499 g/mol. The molecular weight excluding hydrogens is 477 g/mol. The van der Waals surface area contributed by atoms with Gasteiger partial charge in [-0.05, 0) is 48.2 Å². The molecule has 180 valence electrons. The third-order valence-electron chi connectivity index (χ3n) is 5.85. The molecule has 0 aliphatic heterocycles.